The van der Waals surface area contributed by atoms with Crippen LogP contribution in [0.5, 0.6) is 5.75 Å². The number of carbonyl (C=O) groups excluding carboxylic acids is 1. The molecule has 0 unspecified atom stereocenters. The molecule has 1 aliphatic heterocycles. The van der Waals surface area contributed by atoms with E-state index < -0.39 is 0 Å². The van der Waals surface area contributed by atoms with E-state index in [1.54, 1.807) is 47.9 Å². The quantitative estimate of drug-likeness (QED) is 0.545. The Kier molecular flexibility index (Phi) is 4.27. The highest BCUT2D eigenvalue weighted by Gasteiger charge is 2.25. The first-order valence-corrected chi connectivity index (χ1v) is 8.90. The number of benzene rings is 2. The number of aryl methyl sites for hydroxylation is 1. The van der Waals surface area contributed by atoms with Gasteiger partial charge in [-0.05, 0) is 32.0 Å². The average molecular weight is 374 g/mol. The number of amides is 1. The van der Waals surface area contributed by atoms with Crippen LogP contribution in [0.3, 0.4) is 0 Å². The summed E-state index contributed by atoms with van der Waals surface area (Å²) in [7, 11) is 0. The summed E-state index contributed by atoms with van der Waals surface area (Å²) >= 11 is 0. The maximum absolute atomic E-state index is 12.9. The van der Waals surface area contributed by atoms with E-state index in [9.17, 15) is 14.7 Å². The van der Waals surface area contributed by atoms with Gasteiger partial charge in [-0.3, -0.25) is 9.59 Å². The highest BCUT2D eigenvalue weighted by molar-refractivity contribution is 6.53. The summed E-state index contributed by atoms with van der Waals surface area (Å²) in [4.78, 5) is 25.1. The van der Waals surface area contributed by atoms with E-state index in [-0.39, 0.29) is 34.2 Å². The molecule has 0 saturated heterocycles. The Bertz CT molecular complexity index is 1240. The van der Waals surface area contributed by atoms with E-state index in [2.05, 4.69) is 15.5 Å². The number of pyridine rings is 1. The van der Waals surface area contributed by atoms with Crippen molar-refractivity contribution >= 4 is 33.9 Å². The van der Waals surface area contributed by atoms with Crippen LogP contribution in [0.25, 0.3) is 10.9 Å². The van der Waals surface area contributed by atoms with E-state index in [1.165, 1.54) is 0 Å². The predicted molar refractivity (Wildman–Crippen MR) is 109 cm³/mol. The van der Waals surface area contributed by atoms with Gasteiger partial charge in [-0.15, -0.1) is 5.10 Å². The van der Waals surface area contributed by atoms with Crippen molar-refractivity contribution in [2.24, 2.45) is 10.2 Å². The van der Waals surface area contributed by atoms with E-state index >= 15 is 0 Å². The van der Waals surface area contributed by atoms with Crippen LogP contribution in [0.4, 0.5) is 5.69 Å². The molecule has 0 saturated carbocycles. The van der Waals surface area contributed by atoms with E-state index in [4.69, 9.17) is 0 Å². The Morgan fingerprint density at radius 2 is 1.82 bits per heavy atom. The Labute approximate surface area is 160 Å². The molecule has 3 aromatic rings. The fourth-order valence-corrected chi connectivity index (χ4v) is 3.41. The maximum Gasteiger partial charge on any atom is 0.276 e. The van der Waals surface area contributed by atoms with Gasteiger partial charge in [-0.2, -0.15) is 5.10 Å². The van der Waals surface area contributed by atoms with Crippen molar-refractivity contribution in [3.05, 3.63) is 70.0 Å². The van der Waals surface area contributed by atoms with Gasteiger partial charge in [-0.25, -0.2) is 0 Å². The van der Waals surface area contributed by atoms with Crippen LogP contribution in [0.15, 0.2) is 63.5 Å². The van der Waals surface area contributed by atoms with Gasteiger partial charge in [-0.1, -0.05) is 30.3 Å². The molecule has 0 atom stereocenters. The first-order chi connectivity index (χ1) is 13.5. The lowest BCUT2D eigenvalue weighted by Crippen LogP contribution is -2.26. The topological polar surface area (TPSA) is 96.0 Å². The Hall–Kier alpha value is -3.74. The Morgan fingerprint density at radius 3 is 2.61 bits per heavy atom. The van der Waals surface area contributed by atoms with Crippen molar-refractivity contribution in [3.63, 3.8) is 0 Å². The van der Waals surface area contributed by atoms with Crippen molar-refractivity contribution in [2.75, 3.05) is 5.32 Å². The maximum atomic E-state index is 12.9. The third-order valence-electron chi connectivity index (χ3n) is 4.77. The molecule has 1 amide bonds. The average Bonchev–Trinajstić information content (AvgIpc) is 3.02. The van der Waals surface area contributed by atoms with Gasteiger partial charge in [0, 0.05) is 17.5 Å². The summed E-state index contributed by atoms with van der Waals surface area (Å²) in [6.07, 6.45) is 0. The van der Waals surface area contributed by atoms with Gasteiger partial charge in [0.2, 0.25) is 0 Å². The normalized spacial score (nSPS) is 15.1. The van der Waals surface area contributed by atoms with Gasteiger partial charge in [0.1, 0.15) is 11.3 Å². The Morgan fingerprint density at radius 1 is 1.11 bits per heavy atom. The smallest absolute Gasteiger partial charge is 0.276 e. The number of nitrogens with one attached hydrogen (secondary N) is 1. The van der Waals surface area contributed by atoms with Crippen LogP contribution in [0.2, 0.25) is 0 Å². The van der Waals surface area contributed by atoms with Crippen LogP contribution in [-0.4, -0.2) is 27.0 Å². The molecule has 140 valence electrons. The zero-order chi connectivity index (χ0) is 19.8. The molecule has 2 N–H and O–H groups in total. The second-order valence-electron chi connectivity index (χ2n) is 6.42. The lowest BCUT2D eigenvalue weighted by Gasteiger charge is -2.13. The fourth-order valence-electron chi connectivity index (χ4n) is 3.41. The minimum atomic E-state index is -0.355. The van der Waals surface area contributed by atoms with Crippen molar-refractivity contribution in [3.8, 4) is 5.75 Å². The molecular weight excluding hydrogens is 356 g/mol. The van der Waals surface area contributed by atoms with Gasteiger partial charge in [0.05, 0.1) is 16.9 Å². The van der Waals surface area contributed by atoms with Crippen LogP contribution in [0.1, 0.15) is 25.0 Å². The number of nitrogens with zero attached hydrogens (tertiary/aromatic N) is 3. The number of aromatic hydroxyl groups is 1. The largest absolute Gasteiger partial charge is 0.506 e. The minimum Gasteiger partial charge on any atom is -0.506 e. The molecule has 4 rings (SSSR count). The summed E-state index contributed by atoms with van der Waals surface area (Å²) in [5.41, 5.74) is 2.11. The minimum absolute atomic E-state index is 0.0802. The lowest BCUT2D eigenvalue weighted by atomic mass is 10.1. The third-order valence-corrected chi connectivity index (χ3v) is 4.77. The molecule has 7 heteroatoms. The van der Waals surface area contributed by atoms with Gasteiger partial charge < -0.3 is 15.0 Å². The molecule has 0 radical (unpaired) electrons. The summed E-state index contributed by atoms with van der Waals surface area (Å²) in [5.74, 6) is -0.491. The summed E-state index contributed by atoms with van der Waals surface area (Å²) in [5, 5.41) is 22.2. The molecule has 0 aliphatic carbocycles. The number of hydrogen-bond donors (Lipinski definition) is 2. The van der Waals surface area contributed by atoms with E-state index in [1.807, 2.05) is 19.1 Å². The summed E-state index contributed by atoms with van der Waals surface area (Å²) in [6.45, 7) is 3.90. The van der Waals surface area contributed by atoms with Crippen LogP contribution < -0.4 is 10.9 Å². The van der Waals surface area contributed by atoms with Crippen LogP contribution in [-0.2, 0) is 11.3 Å². The second-order valence-corrected chi connectivity index (χ2v) is 6.42. The van der Waals surface area contributed by atoms with Crippen molar-refractivity contribution < 1.29 is 9.90 Å². The monoisotopic (exact) mass is 374 g/mol. The molecule has 28 heavy (non-hydrogen) atoms. The van der Waals surface area contributed by atoms with Crippen molar-refractivity contribution in [1.82, 2.24) is 4.57 Å². The number of aromatic nitrogens is 1. The number of anilines is 1. The first kappa shape index (κ1) is 17.7. The molecule has 7 nitrogen and oxygen atoms in total. The zero-order valence-corrected chi connectivity index (χ0v) is 15.4. The molecule has 2 aromatic carbocycles. The fraction of sp³-hybridized carbons (Fsp3) is 0.143. The molecular formula is C21H18N4O3. The number of carbonyl (C=O) groups is 1. The number of para-hydroxylation sites is 2. The lowest BCUT2D eigenvalue weighted by molar-refractivity contribution is -0.110. The zero-order valence-electron chi connectivity index (χ0n) is 15.4. The number of hydrogen-bond acceptors (Lipinski definition) is 5. The highest BCUT2D eigenvalue weighted by Crippen LogP contribution is 2.27. The van der Waals surface area contributed by atoms with Gasteiger partial charge in [0.15, 0.2) is 5.71 Å². The van der Waals surface area contributed by atoms with Crippen molar-refractivity contribution in [2.45, 2.75) is 20.4 Å². The molecule has 0 spiro atoms. The number of rotatable bonds is 3. The van der Waals surface area contributed by atoms with Gasteiger partial charge >= 0.3 is 0 Å². The van der Waals surface area contributed by atoms with E-state index in [0.29, 0.717) is 28.7 Å². The molecule has 1 aliphatic rings. The summed E-state index contributed by atoms with van der Waals surface area (Å²) < 4.78 is 1.58. The second kappa shape index (κ2) is 6.77. The third kappa shape index (κ3) is 2.68. The first-order valence-electron chi connectivity index (χ1n) is 8.90. The molecule has 1 aromatic heterocycles. The molecule has 2 heterocycles. The summed E-state index contributed by atoms with van der Waals surface area (Å²) in [6, 6.07) is 14.3. The van der Waals surface area contributed by atoms with Gasteiger partial charge in [0.25, 0.3) is 11.5 Å². The molecule has 0 fully saturated rings. The standard InChI is InChI=1S/C21H18N4O3/c1-3-25-16-11-7-5-9-14(16)19(26)17(21(25)28)12(2)23-24-18-13-8-4-6-10-15(13)22-20(18)27/h4-11,26H,3H2,1-2H3,(H,22,24,27)/b23-12+. The van der Waals surface area contributed by atoms with Crippen LogP contribution >= 0.6 is 0 Å². The van der Waals surface area contributed by atoms with Crippen LogP contribution in [0, 0.1) is 0 Å². The predicted octanol–water partition coefficient (Wildman–Crippen LogP) is 2.89. The van der Waals surface area contributed by atoms with E-state index in [0.717, 1.165) is 0 Å². The SMILES string of the molecule is CCn1c(=O)c(/C(C)=N/N=C2\C(=O)Nc3ccccc32)c(O)c2ccccc21. The van der Waals surface area contributed by atoms with Crippen molar-refractivity contribution in [1.29, 1.82) is 0 Å². The Balaban J connectivity index is 1.87. The molecule has 0 bridgehead atoms. The highest BCUT2D eigenvalue weighted by atomic mass is 16.3. The number of fused-ring (bicyclic) bond motifs is 2.